The molecule has 0 fully saturated rings. The van der Waals surface area contributed by atoms with Gasteiger partial charge in [-0.05, 0) is 16.3 Å². The molecule has 0 aliphatic carbocycles. The third-order valence-electron chi connectivity index (χ3n) is 5.04. The molecule has 0 aliphatic heterocycles. The highest BCUT2D eigenvalue weighted by Gasteiger charge is 2.39. The lowest BCUT2D eigenvalue weighted by atomic mass is 9.79. The first kappa shape index (κ1) is 20.3. The summed E-state index contributed by atoms with van der Waals surface area (Å²) in [6, 6.07) is 22.1. The Balaban J connectivity index is 2.13. The molecule has 0 aromatic heterocycles. The average molecular weight is 390 g/mol. The van der Waals surface area contributed by atoms with Crippen LogP contribution in [0.1, 0.15) is 28.3 Å². The van der Waals surface area contributed by atoms with E-state index in [4.69, 9.17) is 9.47 Å². The van der Waals surface area contributed by atoms with Crippen molar-refractivity contribution in [3.05, 3.63) is 83.9 Å². The summed E-state index contributed by atoms with van der Waals surface area (Å²) in [6.45, 7) is 0. The van der Waals surface area contributed by atoms with Gasteiger partial charge in [-0.25, -0.2) is 0 Å². The number of hydrogen-bond donors (Lipinski definition) is 0. The van der Waals surface area contributed by atoms with Gasteiger partial charge in [0.1, 0.15) is 0 Å². The van der Waals surface area contributed by atoms with Gasteiger partial charge in [0.05, 0.1) is 14.2 Å². The van der Waals surface area contributed by atoms with Gasteiger partial charge < -0.3 is 9.47 Å². The summed E-state index contributed by atoms with van der Waals surface area (Å²) >= 11 is 0. The molecule has 0 N–H and O–H groups in total. The topological polar surface area (TPSA) is 69.7 Å². The molecule has 1 atom stereocenters. The van der Waals surface area contributed by atoms with Crippen LogP contribution in [0.2, 0.25) is 0 Å². The first-order valence-electron chi connectivity index (χ1n) is 9.28. The van der Waals surface area contributed by atoms with E-state index < -0.39 is 23.8 Å². The zero-order chi connectivity index (χ0) is 20.8. The summed E-state index contributed by atoms with van der Waals surface area (Å²) < 4.78 is 9.77. The van der Waals surface area contributed by atoms with E-state index >= 15 is 0 Å². The summed E-state index contributed by atoms with van der Waals surface area (Å²) in [4.78, 5) is 38.1. The lowest BCUT2D eigenvalue weighted by Gasteiger charge is -2.24. The van der Waals surface area contributed by atoms with Crippen LogP contribution in [0.25, 0.3) is 10.8 Å². The Morgan fingerprint density at radius 3 is 2.00 bits per heavy atom. The first-order chi connectivity index (χ1) is 14.1. The normalized spacial score (nSPS) is 11.8. The van der Waals surface area contributed by atoms with Crippen molar-refractivity contribution in [1.29, 1.82) is 0 Å². The Morgan fingerprint density at radius 2 is 1.34 bits per heavy atom. The van der Waals surface area contributed by atoms with Gasteiger partial charge in [-0.15, -0.1) is 0 Å². The fourth-order valence-electron chi connectivity index (χ4n) is 3.60. The zero-order valence-electron chi connectivity index (χ0n) is 16.3. The van der Waals surface area contributed by atoms with Gasteiger partial charge >= 0.3 is 11.9 Å². The smallest absolute Gasteiger partial charge is 0.320 e. The average Bonchev–Trinajstić information content (AvgIpc) is 2.78. The fourth-order valence-corrected chi connectivity index (χ4v) is 3.60. The molecule has 3 aromatic rings. The number of ether oxygens (including phenoxy) is 2. The molecule has 0 unspecified atom stereocenters. The Hall–Kier alpha value is -3.47. The van der Waals surface area contributed by atoms with Crippen molar-refractivity contribution in [2.75, 3.05) is 14.2 Å². The Kier molecular flexibility index (Phi) is 6.39. The van der Waals surface area contributed by atoms with E-state index in [1.54, 1.807) is 24.3 Å². The number of benzene rings is 3. The zero-order valence-corrected chi connectivity index (χ0v) is 16.3. The number of methoxy groups -OCH3 is 2. The van der Waals surface area contributed by atoms with Crippen molar-refractivity contribution in [1.82, 2.24) is 0 Å². The molecule has 0 saturated heterocycles. The molecule has 0 saturated carbocycles. The first-order valence-corrected chi connectivity index (χ1v) is 9.28. The maximum absolute atomic E-state index is 13.0. The minimum absolute atomic E-state index is 0.0348. The number of carbonyl (C=O) groups is 3. The van der Waals surface area contributed by atoms with E-state index in [0.717, 1.165) is 16.3 Å². The van der Waals surface area contributed by atoms with Gasteiger partial charge in [-0.1, -0.05) is 72.8 Å². The van der Waals surface area contributed by atoms with E-state index in [1.165, 1.54) is 14.2 Å². The molecular formula is C24H22O5. The van der Waals surface area contributed by atoms with Crippen molar-refractivity contribution in [2.24, 2.45) is 5.92 Å². The van der Waals surface area contributed by atoms with Crippen molar-refractivity contribution in [3.63, 3.8) is 0 Å². The van der Waals surface area contributed by atoms with Gasteiger partial charge in [0.25, 0.3) is 0 Å². The number of ketones is 1. The van der Waals surface area contributed by atoms with Gasteiger partial charge in [-0.2, -0.15) is 0 Å². The van der Waals surface area contributed by atoms with E-state index in [0.29, 0.717) is 5.56 Å². The molecule has 0 bridgehead atoms. The predicted octanol–water partition coefficient (Wildman–Crippen LogP) is 4.16. The van der Waals surface area contributed by atoms with Crippen LogP contribution in [0, 0.1) is 5.92 Å². The number of hydrogen-bond acceptors (Lipinski definition) is 5. The number of rotatable bonds is 7. The number of esters is 2. The lowest BCUT2D eigenvalue weighted by molar-refractivity contribution is -0.159. The molecule has 3 aromatic carbocycles. The third-order valence-corrected chi connectivity index (χ3v) is 5.04. The molecule has 5 nitrogen and oxygen atoms in total. The lowest BCUT2D eigenvalue weighted by Crippen LogP contribution is -2.33. The van der Waals surface area contributed by atoms with E-state index in [2.05, 4.69) is 0 Å². The van der Waals surface area contributed by atoms with Gasteiger partial charge in [0, 0.05) is 17.9 Å². The van der Waals surface area contributed by atoms with Gasteiger partial charge in [0.15, 0.2) is 11.7 Å². The van der Waals surface area contributed by atoms with Gasteiger partial charge in [0.2, 0.25) is 0 Å². The van der Waals surface area contributed by atoms with Crippen LogP contribution in [0.5, 0.6) is 0 Å². The maximum atomic E-state index is 13.0. The monoisotopic (exact) mass is 390 g/mol. The minimum Gasteiger partial charge on any atom is -0.468 e. The molecular weight excluding hydrogens is 368 g/mol. The molecule has 148 valence electrons. The standard InChI is InChI=1S/C24H22O5/c1-28-23(26)22(24(27)29-2)20(15-21(25)17-10-4-3-5-11-17)19-14-8-12-16-9-6-7-13-18(16)19/h3-14,20,22H,15H2,1-2H3/t20-/m1/s1. The molecule has 0 radical (unpaired) electrons. The SMILES string of the molecule is COC(=O)C(C(=O)OC)[C@H](CC(=O)c1ccccc1)c1cccc2ccccc12. The van der Waals surface area contributed by atoms with E-state index in [1.807, 2.05) is 48.5 Å². The Morgan fingerprint density at radius 1 is 0.759 bits per heavy atom. The Labute approximate surface area is 169 Å². The van der Waals surface area contributed by atoms with Crippen molar-refractivity contribution >= 4 is 28.5 Å². The molecule has 0 spiro atoms. The maximum Gasteiger partial charge on any atom is 0.320 e. The summed E-state index contributed by atoms with van der Waals surface area (Å²) in [6.07, 6.45) is -0.0348. The van der Waals surface area contributed by atoms with Crippen LogP contribution in [0.3, 0.4) is 0 Å². The van der Waals surface area contributed by atoms with E-state index in [9.17, 15) is 14.4 Å². The minimum atomic E-state index is -1.25. The van der Waals surface area contributed by atoms with Crippen LogP contribution in [0.4, 0.5) is 0 Å². The molecule has 0 amide bonds. The van der Waals surface area contributed by atoms with E-state index in [-0.39, 0.29) is 12.2 Å². The largest absolute Gasteiger partial charge is 0.468 e. The molecule has 3 rings (SSSR count). The highest BCUT2D eigenvalue weighted by molar-refractivity contribution is 6.01. The van der Waals surface area contributed by atoms with Crippen LogP contribution in [-0.4, -0.2) is 31.9 Å². The molecule has 0 aliphatic rings. The number of Topliss-reactive ketones (excluding diaryl/α,β-unsaturated/α-hetero) is 1. The van der Waals surface area contributed by atoms with Crippen LogP contribution in [0.15, 0.2) is 72.8 Å². The second-order valence-corrected chi connectivity index (χ2v) is 6.69. The second-order valence-electron chi connectivity index (χ2n) is 6.69. The van der Waals surface area contributed by atoms with Crippen molar-refractivity contribution < 1.29 is 23.9 Å². The van der Waals surface area contributed by atoms with Crippen LogP contribution < -0.4 is 0 Å². The number of fused-ring (bicyclic) bond motifs is 1. The quantitative estimate of drug-likeness (QED) is 0.344. The van der Waals surface area contributed by atoms with Crippen LogP contribution in [-0.2, 0) is 19.1 Å². The highest BCUT2D eigenvalue weighted by Crippen LogP contribution is 2.36. The molecule has 0 heterocycles. The van der Waals surface area contributed by atoms with Crippen molar-refractivity contribution in [3.8, 4) is 0 Å². The molecule has 29 heavy (non-hydrogen) atoms. The summed E-state index contributed by atoms with van der Waals surface area (Å²) in [5, 5.41) is 1.83. The predicted molar refractivity (Wildman–Crippen MR) is 110 cm³/mol. The summed E-state index contributed by atoms with van der Waals surface area (Å²) in [5.74, 6) is -3.59. The summed E-state index contributed by atoms with van der Waals surface area (Å²) in [5.41, 5.74) is 1.25. The van der Waals surface area contributed by atoms with Crippen molar-refractivity contribution in [2.45, 2.75) is 12.3 Å². The second kappa shape index (κ2) is 9.15. The fraction of sp³-hybridized carbons (Fsp3) is 0.208. The molecule has 5 heteroatoms. The third kappa shape index (κ3) is 4.35. The highest BCUT2D eigenvalue weighted by atomic mass is 16.5. The Bertz CT molecular complexity index is 1000. The number of carbonyl (C=O) groups excluding carboxylic acids is 3. The van der Waals surface area contributed by atoms with Gasteiger partial charge in [-0.3, -0.25) is 14.4 Å². The summed E-state index contributed by atoms with van der Waals surface area (Å²) in [7, 11) is 2.44. The van der Waals surface area contributed by atoms with Crippen LogP contribution >= 0.6 is 0 Å².